The third-order valence-corrected chi connectivity index (χ3v) is 3.28. The monoisotopic (exact) mass is 292 g/mol. The van der Waals surface area contributed by atoms with Crippen LogP contribution in [0.25, 0.3) is 0 Å². The topological polar surface area (TPSA) is 42.0 Å². The van der Waals surface area contributed by atoms with Crippen LogP contribution in [0.15, 0.2) is 36.5 Å². The Bertz CT molecular complexity index is 628. The number of benzene rings is 1. The van der Waals surface area contributed by atoms with Crippen molar-refractivity contribution in [3.8, 4) is 0 Å². The summed E-state index contributed by atoms with van der Waals surface area (Å²) in [5, 5.41) is 2.76. The Morgan fingerprint density at radius 2 is 2.00 bits per heavy atom. The van der Waals surface area contributed by atoms with Crippen molar-refractivity contribution in [1.82, 2.24) is 10.3 Å². The zero-order chi connectivity index (χ0) is 14.7. The lowest BCUT2D eigenvalue weighted by molar-refractivity contribution is 0.0939. The maximum absolute atomic E-state index is 13.1. The molecule has 0 spiro atoms. The summed E-state index contributed by atoms with van der Waals surface area (Å²) in [6.07, 6.45) is 0.975. The molecule has 2 aromatic rings. The van der Waals surface area contributed by atoms with E-state index in [2.05, 4.69) is 10.3 Å². The Morgan fingerprint density at radius 3 is 2.65 bits per heavy atom. The fourth-order valence-corrected chi connectivity index (χ4v) is 1.98. The van der Waals surface area contributed by atoms with E-state index >= 15 is 0 Å². The summed E-state index contributed by atoms with van der Waals surface area (Å²) in [5.41, 5.74) is 2.14. The normalized spacial score (nSPS) is 12.0. The van der Waals surface area contributed by atoms with Gasteiger partial charge in [-0.05, 0) is 25.5 Å². The van der Waals surface area contributed by atoms with Gasteiger partial charge in [0.05, 0.1) is 17.8 Å². The van der Waals surface area contributed by atoms with E-state index in [0.717, 1.165) is 23.4 Å². The lowest BCUT2D eigenvalue weighted by Gasteiger charge is -2.15. The molecule has 20 heavy (non-hydrogen) atoms. The van der Waals surface area contributed by atoms with Gasteiger partial charge in [0.25, 0.3) is 5.91 Å². The van der Waals surface area contributed by atoms with Gasteiger partial charge in [0.1, 0.15) is 11.0 Å². The molecule has 1 amide bonds. The van der Waals surface area contributed by atoms with Crippen molar-refractivity contribution >= 4 is 17.5 Å². The van der Waals surface area contributed by atoms with Crippen molar-refractivity contribution in [2.45, 2.75) is 19.9 Å². The predicted octanol–water partition coefficient (Wildman–Crippen LogP) is 3.67. The van der Waals surface area contributed by atoms with E-state index in [1.165, 1.54) is 0 Å². The Labute approximate surface area is 121 Å². The average molecular weight is 293 g/mol. The summed E-state index contributed by atoms with van der Waals surface area (Å²) in [4.78, 5) is 15.7. The smallest absolute Gasteiger partial charge is 0.254 e. The minimum Gasteiger partial charge on any atom is -0.345 e. The Kier molecular flexibility index (Phi) is 4.35. The molecule has 0 saturated carbocycles. The van der Waals surface area contributed by atoms with Crippen LogP contribution in [-0.4, -0.2) is 10.9 Å². The van der Waals surface area contributed by atoms with Crippen molar-refractivity contribution in [2.75, 3.05) is 0 Å². The Morgan fingerprint density at radius 1 is 1.35 bits per heavy atom. The molecule has 1 aromatic heterocycles. The second-order valence-electron chi connectivity index (χ2n) is 4.60. The maximum atomic E-state index is 13.1. The molecule has 0 radical (unpaired) electrons. The highest BCUT2D eigenvalue weighted by molar-refractivity contribution is 6.32. The largest absolute Gasteiger partial charge is 0.345 e. The number of aromatic nitrogens is 1. The molecular formula is C15H14ClFN2O. The van der Waals surface area contributed by atoms with Gasteiger partial charge in [-0.3, -0.25) is 4.79 Å². The standard InChI is InChI=1S/C15H14ClFN2O/c1-9-3-5-11(6-4-9)10(2)19-15(20)13-7-12(17)8-18-14(13)16/h3-8,10H,1-2H3,(H,19,20). The summed E-state index contributed by atoms with van der Waals surface area (Å²) in [6, 6.07) is 8.68. The van der Waals surface area contributed by atoms with Gasteiger partial charge >= 0.3 is 0 Å². The van der Waals surface area contributed by atoms with Crippen LogP contribution < -0.4 is 5.32 Å². The minimum absolute atomic E-state index is 0.0139. The van der Waals surface area contributed by atoms with Crippen molar-refractivity contribution in [3.63, 3.8) is 0 Å². The molecule has 1 heterocycles. The summed E-state index contributed by atoms with van der Waals surface area (Å²) in [7, 11) is 0. The van der Waals surface area contributed by atoms with Crippen molar-refractivity contribution in [2.24, 2.45) is 0 Å². The SMILES string of the molecule is Cc1ccc(C(C)NC(=O)c2cc(F)cnc2Cl)cc1. The van der Waals surface area contributed by atoms with Gasteiger partial charge in [0.2, 0.25) is 0 Å². The molecule has 104 valence electrons. The first-order valence-corrected chi connectivity index (χ1v) is 6.53. The van der Waals surface area contributed by atoms with Crippen LogP contribution in [0.1, 0.15) is 34.5 Å². The van der Waals surface area contributed by atoms with E-state index in [4.69, 9.17) is 11.6 Å². The number of rotatable bonds is 3. The number of hydrogen-bond acceptors (Lipinski definition) is 2. The highest BCUT2D eigenvalue weighted by atomic mass is 35.5. The number of aryl methyl sites for hydroxylation is 1. The highest BCUT2D eigenvalue weighted by Gasteiger charge is 2.15. The molecule has 1 aromatic carbocycles. The maximum Gasteiger partial charge on any atom is 0.254 e. The van der Waals surface area contributed by atoms with E-state index < -0.39 is 11.7 Å². The third-order valence-electron chi connectivity index (χ3n) is 2.98. The van der Waals surface area contributed by atoms with Gasteiger partial charge < -0.3 is 5.32 Å². The first kappa shape index (κ1) is 14.5. The molecule has 0 saturated heterocycles. The van der Waals surface area contributed by atoms with Gasteiger partial charge in [-0.15, -0.1) is 0 Å². The molecule has 2 rings (SSSR count). The number of amides is 1. The van der Waals surface area contributed by atoms with E-state index in [0.29, 0.717) is 0 Å². The lowest BCUT2D eigenvalue weighted by atomic mass is 10.1. The van der Waals surface area contributed by atoms with Crippen LogP contribution in [0.4, 0.5) is 4.39 Å². The van der Waals surface area contributed by atoms with E-state index in [1.807, 2.05) is 38.1 Å². The molecule has 1 atom stereocenters. The van der Waals surface area contributed by atoms with E-state index in [9.17, 15) is 9.18 Å². The fourth-order valence-electron chi connectivity index (χ4n) is 1.79. The number of hydrogen-bond donors (Lipinski definition) is 1. The van der Waals surface area contributed by atoms with Crippen LogP contribution in [0, 0.1) is 12.7 Å². The number of carbonyl (C=O) groups excluding carboxylic acids is 1. The number of pyridine rings is 1. The fraction of sp³-hybridized carbons (Fsp3) is 0.200. The second-order valence-corrected chi connectivity index (χ2v) is 4.96. The van der Waals surface area contributed by atoms with Crippen molar-refractivity contribution < 1.29 is 9.18 Å². The number of nitrogens with zero attached hydrogens (tertiary/aromatic N) is 1. The van der Waals surface area contributed by atoms with Gasteiger partial charge in [-0.25, -0.2) is 9.37 Å². The summed E-state index contributed by atoms with van der Waals surface area (Å²) in [6.45, 7) is 3.84. The highest BCUT2D eigenvalue weighted by Crippen LogP contribution is 2.17. The van der Waals surface area contributed by atoms with Crippen LogP contribution in [0.5, 0.6) is 0 Å². The molecule has 0 fully saturated rings. The minimum atomic E-state index is -0.595. The first-order valence-electron chi connectivity index (χ1n) is 6.16. The Balaban J connectivity index is 2.15. The second kappa shape index (κ2) is 6.01. The van der Waals surface area contributed by atoms with Gasteiger partial charge in [-0.2, -0.15) is 0 Å². The third kappa shape index (κ3) is 3.33. The van der Waals surface area contributed by atoms with Gasteiger partial charge in [0.15, 0.2) is 0 Å². The quantitative estimate of drug-likeness (QED) is 0.877. The molecule has 0 aliphatic heterocycles. The molecular weight excluding hydrogens is 279 g/mol. The van der Waals surface area contributed by atoms with Crippen molar-refractivity contribution in [1.29, 1.82) is 0 Å². The van der Waals surface area contributed by atoms with Crippen LogP contribution in [0.2, 0.25) is 5.15 Å². The zero-order valence-electron chi connectivity index (χ0n) is 11.2. The van der Waals surface area contributed by atoms with Crippen LogP contribution in [0.3, 0.4) is 0 Å². The number of halogens is 2. The van der Waals surface area contributed by atoms with Crippen LogP contribution in [-0.2, 0) is 0 Å². The van der Waals surface area contributed by atoms with E-state index in [1.54, 1.807) is 0 Å². The number of nitrogens with one attached hydrogen (secondary N) is 1. The summed E-state index contributed by atoms with van der Waals surface area (Å²) < 4.78 is 13.1. The summed E-state index contributed by atoms with van der Waals surface area (Å²) >= 11 is 5.80. The molecule has 0 aliphatic carbocycles. The molecule has 0 aliphatic rings. The van der Waals surface area contributed by atoms with Crippen LogP contribution >= 0.6 is 11.6 Å². The van der Waals surface area contributed by atoms with Crippen molar-refractivity contribution in [3.05, 3.63) is 64.2 Å². The average Bonchev–Trinajstić information content (AvgIpc) is 2.42. The molecule has 1 N–H and O–H groups in total. The van der Waals surface area contributed by atoms with Gasteiger partial charge in [0, 0.05) is 0 Å². The zero-order valence-corrected chi connectivity index (χ0v) is 11.9. The Hall–Kier alpha value is -1.94. The predicted molar refractivity (Wildman–Crippen MR) is 76.3 cm³/mol. The molecule has 5 heteroatoms. The van der Waals surface area contributed by atoms with E-state index in [-0.39, 0.29) is 16.8 Å². The molecule has 3 nitrogen and oxygen atoms in total. The summed E-state index contributed by atoms with van der Waals surface area (Å²) in [5.74, 6) is -1.04. The first-order chi connectivity index (χ1) is 9.47. The molecule has 1 unspecified atom stereocenters. The van der Waals surface area contributed by atoms with Gasteiger partial charge in [-0.1, -0.05) is 41.4 Å². The molecule has 0 bridgehead atoms. The number of carbonyl (C=O) groups is 1. The lowest BCUT2D eigenvalue weighted by Crippen LogP contribution is -2.27.